The van der Waals surface area contributed by atoms with Gasteiger partial charge in [-0.05, 0) is 129 Å². The van der Waals surface area contributed by atoms with Crippen molar-refractivity contribution < 1.29 is 37.7 Å². The van der Waals surface area contributed by atoms with E-state index >= 15 is 0 Å². The molecule has 0 aliphatic rings. The maximum atomic E-state index is 14.2. The van der Waals surface area contributed by atoms with E-state index in [-0.39, 0.29) is 32.2 Å². The molecule has 0 saturated heterocycles. The fraction of sp³-hybridized carbons (Fsp3) is 0.269. The lowest BCUT2D eigenvalue weighted by molar-refractivity contribution is 0.0998. The Kier molecular flexibility index (Phi) is 16.2. The van der Waals surface area contributed by atoms with Crippen molar-refractivity contribution in [3.05, 3.63) is 154 Å². The number of amides is 2. The molecule has 1 unspecified atom stereocenters. The number of aromatic hydroxyl groups is 1. The highest BCUT2D eigenvalue weighted by molar-refractivity contribution is 7.91. The number of pyridine rings is 2. The summed E-state index contributed by atoms with van der Waals surface area (Å²) in [6, 6.07) is 29.6. The summed E-state index contributed by atoms with van der Waals surface area (Å²) >= 11 is 0. The summed E-state index contributed by atoms with van der Waals surface area (Å²) < 4.78 is 39.6. The summed E-state index contributed by atoms with van der Waals surface area (Å²) in [6.07, 6.45) is 7.34. The number of hydrogen-bond donors (Lipinski definition) is 7. The second-order valence-electron chi connectivity index (χ2n) is 16.6. The topological polar surface area (TPSA) is 235 Å². The van der Waals surface area contributed by atoms with Crippen LogP contribution in [0.4, 0.5) is 17.1 Å². The Balaban J connectivity index is 0.833. The molecule has 2 heterocycles. The number of sulfone groups is 1. The number of carbonyl (C=O) groups excluding carboxylic acids is 2. The zero-order chi connectivity index (χ0) is 48.2. The smallest absolute Gasteiger partial charge is 0.255 e. The fourth-order valence-electron chi connectivity index (χ4n) is 8.01. The van der Waals surface area contributed by atoms with Gasteiger partial charge in [-0.3, -0.25) is 19.4 Å². The van der Waals surface area contributed by atoms with Crippen molar-refractivity contribution in [3.63, 3.8) is 0 Å². The van der Waals surface area contributed by atoms with Crippen LogP contribution in [0.15, 0.2) is 130 Å². The van der Waals surface area contributed by atoms with Crippen molar-refractivity contribution in [2.45, 2.75) is 67.8 Å². The number of rotatable bonds is 23. The van der Waals surface area contributed by atoms with E-state index in [1.807, 2.05) is 24.3 Å². The van der Waals surface area contributed by atoms with E-state index in [1.54, 1.807) is 49.4 Å². The Morgan fingerprint density at radius 3 is 2.37 bits per heavy atom. The SMILES string of the molecule is COc1cccc(Nc2c(C(N)=O)cnc3c(C)cc(S(=O)(=O)c4cccc(C(=O)Nc5ccc(CCCCOCCCCCCNCC(O)c6ccc(O)c7[nH]c(=O)ccc67)cc5)c4)cc23)c1. The van der Waals surface area contributed by atoms with Crippen molar-refractivity contribution in [2.24, 2.45) is 5.73 Å². The van der Waals surface area contributed by atoms with Crippen LogP contribution in [0.1, 0.15) is 82.0 Å². The molecule has 0 radical (unpaired) electrons. The van der Waals surface area contributed by atoms with Gasteiger partial charge in [-0.15, -0.1) is 0 Å². The largest absolute Gasteiger partial charge is 0.506 e. The van der Waals surface area contributed by atoms with Crippen molar-refractivity contribution in [3.8, 4) is 11.5 Å². The number of fused-ring (bicyclic) bond motifs is 2. The van der Waals surface area contributed by atoms with Gasteiger partial charge in [0.05, 0.1) is 45.3 Å². The lowest BCUT2D eigenvalue weighted by Crippen LogP contribution is -2.22. The maximum absolute atomic E-state index is 14.2. The molecule has 0 saturated carbocycles. The van der Waals surface area contributed by atoms with Crippen molar-refractivity contribution >= 4 is 60.5 Å². The number of ether oxygens (including phenoxy) is 2. The number of benzene rings is 5. The minimum atomic E-state index is -4.16. The highest BCUT2D eigenvalue weighted by Crippen LogP contribution is 2.35. The van der Waals surface area contributed by atoms with Gasteiger partial charge in [0.15, 0.2) is 0 Å². The molecular formula is C52H56N6O9S. The number of phenolic OH excluding ortho intramolecular Hbond substituents is 1. The quantitative estimate of drug-likeness (QED) is 0.0301. The van der Waals surface area contributed by atoms with Gasteiger partial charge in [0.2, 0.25) is 15.4 Å². The van der Waals surface area contributed by atoms with E-state index in [4.69, 9.17) is 15.2 Å². The molecule has 0 bridgehead atoms. The van der Waals surface area contributed by atoms with Crippen LogP contribution >= 0.6 is 0 Å². The van der Waals surface area contributed by atoms with Crippen LogP contribution < -0.4 is 32.0 Å². The molecule has 7 aromatic rings. The number of methoxy groups -OCH3 is 1. The summed E-state index contributed by atoms with van der Waals surface area (Å²) in [5, 5.41) is 31.2. The molecule has 0 aliphatic heterocycles. The minimum Gasteiger partial charge on any atom is -0.506 e. The first-order valence-corrected chi connectivity index (χ1v) is 24.0. The third kappa shape index (κ3) is 12.1. The molecule has 16 heteroatoms. The highest BCUT2D eigenvalue weighted by Gasteiger charge is 2.24. The minimum absolute atomic E-state index is 0.0327. The molecular weight excluding hydrogens is 885 g/mol. The van der Waals surface area contributed by atoms with Gasteiger partial charge >= 0.3 is 0 Å². The lowest BCUT2D eigenvalue weighted by atomic mass is 10.0. The number of phenols is 1. The molecule has 354 valence electrons. The molecule has 1 atom stereocenters. The van der Waals surface area contributed by atoms with Gasteiger partial charge in [-0.1, -0.05) is 43.2 Å². The summed E-state index contributed by atoms with van der Waals surface area (Å²) in [4.78, 5) is 44.6. The Labute approximate surface area is 394 Å². The average Bonchev–Trinajstić information content (AvgIpc) is 3.33. The number of primary amides is 1. The number of H-pyrrole nitrogens is 1. The zero-order valence-corrected chi connectivity index (χ0v) is 38.8. The first-order valence-electron chi connectivity index (χ1n) is 22.5. The van der Waals surface area contributed by atoms with Gasteiger partial charge in [0.25, 0.3) is 11.8 Å². The maximum Gasteiger partial charge on any atom is 0.255 e. The molecule has 2 amide bonds. The van der Waals surface area contributed by atoms with Crippen LogP contribution in [-0.4, -0.2) is 73.8 Å². The van der Waals surface area contributed by atoms with Crippen molar-refractivity contribution in [2.75, 3.05) is 44.0 Å². The lowest BCUT2D eigenvalue weighted by Gasteiger charge is -2.16. The number of aromatic amines is 1. The van der Waals surface area contributed by atoms with E-state index in [1.165, 1.54) is 55.8 Å². The molecule has 5 aromatic carbocycles. The monoisotopic (exact) mass is 940 g/mol. The van der Waals surface area contributed by atoms with E-state index < -0.39 is 27.8 Å². The average molecular weight is 941 g/mol. The Morgan fingerprint density at radius 2 is 1.59 bits per heavy atom. The molecule has 0 spiro atoms. The first-order chi connectivity index (χ1) is 32.8. The number of aromatic nitrogens is 2. The standard InChI is InChI=1S/C52H56N6O9S/c1-33-27-40(30-43-48(33)55-31-44(51(53)62)49(43)56-37-13-10-14-38(29-37)66-2)68(64,65)39-15-9-12-35(28-39)52(63)57-36-18-16-34(17-19-36)11-5-8-26-67-25-7-4-3-6-24-54-32-46(60)41-20-22-45(59)50-42(41)21-23-47(61)58-50/h9-10,12-23,27-31,46,54,59-60H,3-8,11,24-26,32H2,1-2H3,(H2,53,62)(H,55,56)(H,57,63)(H,58,61). The molecule has 0 fully saturated rings. The van der Waals surface area contributed by atoms with Crippen molar-refractivity contribution in [1.82, 2.24) is 15.3 Å². The summed E-state index contributed by atoms with van der Waals surface area (Å²) in [6.45, 7) is 4.24. The molecule has 2 aromatic heterocycles. The third-order valence-corrected chi connectivity index (χ3v) is 13.4. The number of aliphatic hydroxyl groups is 1. The predicted octanol–water partition coefficient (Wildman–Crippen LogP) is 8.25. The van der Waals surface area contributed by atoms with Gasteiger partial charge < -0.3 is 46.4 Å². The molecule has 7 rings (SSSR count). The first kappa shape index (κ1) is 48.8. The van der Waals surface area contributed by atoms with E-state index in [2.05, 4.69) is 25.9 Å². The second-order valence-corrected chi connectivity index (χ2v) is 18.5. The predicted molar refractivity (Wildman–Crippen MR) is 264 cm³/mol. The Bertz CT molecular complexity index is 3090. The van der Waals surface area contributed by atoms with Crippen LogP contribution in [0.5, 0.6) is 11.5 Å². The zero-order valence-electron chi connectivity index (χ0n) is 38.0. The number of aryl methyl sites for hydroxylation is 2. The Morgan fingerprint density at radius 1 is 0.824 bits per heavy atom. The van der Waals surface area contributed by atoms with E-state index in [0.29, 0.717) is 75.5 Å². The summed E-state index contributed by atoms with van der Waals surface area (Å²) in [5.41, 5.74) is 10.2. The number of anilines is 3. The third-order valence-electron chi connectivity index (χ3n) is 11.7. The van der Waals surface area contributed by atoms with Crippen LogP contribution in [-0.2, 0) is 21.0 Å². The van der Waals surface area contributed by atoms with Crippen LogP contribution in [0.3, 0.4) is 0 Å². The Hall–Kier alpha value is -7.11. The van der Waals surface area contributed by atoms with Crippen LogP contribution in [0, 0.1) is 6.92 Å². The number of nitrogens with one attached hydrogen (secondary N) is 4. The number of nitrogens with two attached hydrogens (primary N) is 1. The van der Waals surface area contributed by atoms with Crippen LogP contribution in [0.25, 0.3) is 21.8 Å². The fourth-order valence-corrected chi connectivity index (χ4v) is 9.43. The molecule has 8 N–H and O–H groups in total. The summed E-state index contributed by atoms with van der Waals surface area (Å²) in [5.74, 6) is -0.663. The number of aliphatic hydroxyl groups excluding tert-OH is 1. The van der Waals surface area contributed by atoms with Crippen molar-refractivity contribution in [1.29, 1.82) is 0 Å². The number of unbranched alkanes of at least 4 members (excludes halogenated alkanes) is 4. The van der Waals surface area contributed by atoms with Crippen LogP contribution in [0.2, 0.25) is 0 Å². The number of nitrogens with zero attached hydrogens (tertiary/aromatic N) is 1. The molecule has 68 heavy (non-hydrogen) atoms. The second kappa shape index (κ2) is 22.6. The normalized spacial score (nSPS) is 12.0. The van der Waals surface area contributed by atoms with Gasteiger partial charge in [0.1, 0.15) is 11.5 Å². The van der Waals surface area contributed by atoms with E-state index in [0.717, 1.165) is 57.1 Å². The number of hydrogen-bond acceptors (Lipinski definition) is 12. The van der Waals surface area contributed by atoms with E-state index in [9.17, 15) is 33.0 Å². The highest BCUT2D eigenvalue weighted by atomic mass is 32.2. The number of carbonyl (C=O) groups is 2. The summed E-state index contributed by atoms with van der Waals surface area (Å²) in [7, 11) is -2.62. The van der Waals surface area contributed by atoms with Gasteiger partial charge in [-0.2, -0.15) is 0 Å². The molecule has 0 aliphatic carbocycles. The van der Waals surface area contributed by atoms with Gasteiger partial charge in [-0.25, -0.2) is 8.42 Å². The molecule has 15 nitrogen and oxygen atoms in total. The van der Waals surface area contributed by atoms with Gasteiger partial charge in [0, 0.05) is 65.8 Å².